The van der Waals surface area contributed by atoms with Crippen molar-refractivity contribution in [3.8, 4) is 0 Å². The summed E-state index contributed by atoms with van der Waals surface area (Å²) in [6.07, 6.45) is 4.04. The molecule has 0 aromatic carbocycles. The fourth-order valence-electron chi connectivity index (χ4n) is 2.66. The molecule has 1 rings (SSSR count). The molecule has 0 bridgehead atoms. The molecule has 0 aliphatic heterocycles. The molecule has 3 N–H and O–H groups in total. The highest BCUT2D eigenvalue weighted by molar-refractivity contribution is 14.0. The molecule has 1 saturated carbocycles. The molecule has 24 heavy (non-hydrogen) atoms. The predicted molar refractivity (Wildman–Crippen MR) is 110 cm³/mol. The zero-order chi connectivity index (χ0) is 17.1. The number of guanidine groups is 1. The van der Waals surface area contributed by atoms with Crippen LogP contribution in [0.5, 0.6) is 0 Å². The second kappa shape index (κ2) is 13.8. The maximum absolute atomic E-state index is 12.0. The molecule has 7 nitrogen and oxygen atoms in total. The van der Waals surface area contributed by atoms with Crippen molar-refractivity contribution in [1.29, 1.82) is 0 Å². The second-order valence-corrected chi connectivity index (χ2v) is 7.57. The van der Waals surface area contributed by atoms with Crippen molar-refractivity contribution in [2.24, 2.45) is 4.99 Å². The van der Waals surface area contributed by atoms with Crippen LogP contribution < -0.4 is 16.0 Å². The third-order valence-electron chi connectivity index (χ3n) is 3.89. The fraction of sp³-hybridized carbons (Fsp3) is 0.867. The van der Waals surface area contributed by atoms with E-state index in [1.807, 2.05) is 6.92 Å². The highest BCUT2D eigenvalue weighted by atomic mass is 127. The van der Waals surface area contributed by atoms with Gasteiger partial charge in [-0.1, -0.05) is 13.3 Å². The van der Waals surface area contributed by atoms with Crippen molar-refractivity contribution in [2.75, 3.05) is 39.6 Å². The van der Waals surface area contributed by atoms with Crippen LogP contribution in [0.2, 0.25) is 0 Å². The Kier molecular flexibility index (Phi) is 13.6. The molecular weight excluding hydrogens is 443 g/mol. The lowest BCUT2D eigenvalue weighted by molar-refractivity contribution is -0.120. The smallest absolute Gasteiger partial charge is 0.239 e. The summed E-state index contributed by atoms with van der Waals surface area (Å²) < 4.78 is 16.9. The van der Waals surface area contributed by atoms with Crippen LogP contribution >= 0.6 is 24.0 Å². The van der Waals surface area contributed by atoms with E-state index in [4.69, 9.17) is 4.74 Å². The Bertz CT molecular complexity index is 424. The topological polar surface area (TPSA) is 91.8 Å². The number of halogens is 1. The van der Waals surface area contributed by atoms with Crippen molar-refractivity contribution in [3.63, 3.8) is 0 Å². The number of hydrogen-bond donors (Lipinski definition) is 3. The van der Waals surface area contributed by atoms with Crippen LogP contribution in [0.25, 0.3) is 0 Å². The molecular formula is C15H31IN4O3S. The predicted octanol–water partition coefficient (Wildman–Crippen LogP) is 0.612. The number of aliphatic imine (C=N–C) groups is 1. The maximum atomic E-state index is 12.0. The van der Waals surface area contributed by atoms with Gasteiger partial charge in [-0.25, -0.2) is 0 Å². The summed E-state index contributed by atoms with van der Waals surface area (Å²) in [4.78, 5) is 15.8. The lowest BCUT2D eigenvalue weighted by Crippen LogP contribution is -2.49. The van der Waals surface area contributed by atoms with Gasteiger partial charge in [0.25, 0.3) is 0 Å². The first-order valence-electron chi connectivity index (χ1n) is 8.20. The van der Waals surface area contributed by atoms with Gasteiger partial charge in [0.05, 0.1) is 13.2 Å². The molecule has 0 saturated heterocycles. The molecule has 3 atom stereocenters. The minimum atomic E-state index is -0.743. The summed E-state index contributed by atoms with van der Waals surface area (Å²) in [6.45, 7) is 3.13. The highest BCUT2D eigenvalue weighted by Gasteiger charge is 2.26. The number of ether oxygens (including phenoxy) is 1. The molecule has 1 fully saturated rings. The number of nitrogens with zero attached hydrogens (tertiary/aromatic N) is 1. The molecule has 1 aliphatic carbocycles. The van der Waals surface area contributed by atoms with Crippen LogP contribution in [-0.4, -0.2) is 67.0 Å². The number of carbonyl (C=O) groups excluding carboxylic acids is 1. The summed E-state index contributed by atoms with van der Waals surface area (Å²) in [5, 5.41) is 9.36. The average Bonchev–Trinajstić information content (AvgIpc) is 2.58. The minimum absolute atomic E-state index is 0. The van der Waals surface area contributed by atoms with Crippen LogP contribution in [0.15, 0.2) is 4.99 Å². The van der Waals surface area contributed by atoms with Crippen LogP contribution in [-0.2, 0) is 20.3 Å². The first-order chi connectivity index (χ1) is 11.1. The van der Waals surface area contributed by atoms with Crippen molar-refractivity contribution in [2.45, 2.75) is 43.9 Å². The van der Waals surface area contributed by atoms with Crippen LogP contribution in [0.3, 0.4) is 0 Å². The monoisotopic (exact) mass is 474 g/mol. The Morgan fingerprint density at radius 2 is 2.08 bits per heavy atom. The van der Waals surface area contributed by atoms with E-state index < -0.39 is 10.8 Å². The minimum Gasteiger partial charge on any atom is -0.383 e. The van der Waals surface area contributed by atoms with Gasteiger partial charge in [-0.15, -0.1) is 24.0 Å². The Morgan fingerprint density at radius 1 is 1.33 bits per heavy atom. The van der Waals surface area contributed by atoms with Crippen LogP contribution in [0.4, 0.5) is 0 Å². The molecule has 0 aromatic rings. The number of nitrogens with one attached hydrogen (secondary N) is 3. The van der Waals surface area contributed by atoms with Gasteiger partial charge in [0.2, 0.25) is 5.91 Å². The van der Waals surface area contributed by atoms with Crippen LogP contribution in [0.1, 0.15) is 32.6 Å². The van der Waals surface area contributed by atoms with E-state index in [0.717, 1.165) is 25.7 Å². The maximum Gasteiger partial charge on any atom is 0.239 e. The molecule has 3 unspecified atom stereocenters. The van der Waals surface area contributed by atoms with Crippen molar-refractivity contribution < 1.29 is 13.7 Å². The van der Waals surface area contributed by atoms with Crippen molar-refractivity contribution in [1.82, 2.24) is 16.0 Å². The summed E-state index contributed by atoms with van der Waals surface area (Å²) >= 11 is 0. The standard InChI is InChI=1S/C15H30N4O3S.HI/c1-4-23(21)13-7-5-6-12(10-13)19-15(16-2)18-11-14(20)17-8-9-22-3;/h12-13H,4-11H2,1-3H3,(H,17,20)(H2,16,18,19);1H. The average molecular weight is 474 g/mol. The molecule has 0 spiro atoms. The van der Waals surface area contributed by atoms with Gasteiger partial charge in [0.15, 0.2) is 5.96 Å². The van der Waals surface area contributed by atoms with Gasteiger partial charge >= 0.3 is 0 Å². The summed E-state index contributed by atoms with van der Waals surface area (Å²) in [7, 11) is 2.54. The Labute approximate surface area is 164 Å². The third-order valence-corrected chi connectivity index (χ3v) is 5.63. The van der Waals surface area contributed by atoms with Crippen LogP contribution in [0, 0.1) is 0 Å². The third kappa shape index (κ3) is 9.16. The van der Waals surface area contributed by atoms with Gasteiger partial charge in [0, 0.05) is 48.5 Å². The molecule has 0 heterocycles. The summed E-state index contributed by atoms with van der Waals surface area (Å²) in [5.41, 5.74) is 0. The fourth-order valence-corrected chi connectivity index (χ4v) is 4.01. The van der Waals surface area contributed by atoms with Gasteiger partial charge in [-0.05, 0) is 19.3 Å². The molecule has 9 heteroatoms. The van der Waals surface area contributed by atoms with Gasteiger partial charge < -0.3 is 20.7 Å². The zero-order valence-corrected chi connectivity index (χ0v) is 17.9. The first-order valence-corrected chi connectivity index (χ1v) is 9.58. The summed E-state index contributed by atoms with van der Waals surface area (Å²) in [5.74, 6) is 1.23. The quantitative estimate of drug-likeness (QED) is 0.208. The first kappa shape index (κ1) is 23.6. The van der Waals surface area contributed by atoms with Gasteiger partial charge in [-0.3, -0.25) is 14.0 Å². The Morgan fingerprint density at radius 3 is 2.71 bits per heavy atom. The number of carbonyl (C=O) groups is 1. The van der Waals surface area contributed by atoms with E-state index in [1.165, 1.54) is 0 Å². The zero-order valence-electron chi connectivity index (χ0n) is 14.8. The number of hydrogen-bond acceptors (Lipinski definition) is 4. The molecule has 142 valence electrons. The van der Waals surface area contributed by atoms with Crippen molar-refractivity contribution in [3.05, 3.63) is 0 Å². The van der Waals surface area contributed by atoms with E-state index in [-0.39, 0.29) is 47.7 Å². The molecule has 1 amide bonds. The Hall–Kier alpha value is -0.420. The lowest BCUT2D eigenvalue weighted by Gasteiger charge is -2.30. The molecule has 0 aromatic heterocycles. The highest BCUT2D eigenvalue weighted by Crippen LogP contribution is 2.22. The van der Waals surface area contributed by atoms with Gasteiger partial charge in [0.1, 0.15) is 0 Å². The van der Waals surface area contributed by atoms with E-state index in [9.17, 15) is 9.00 Å². The number of rotatable bonds is 8. The van der Waals surface area contributed by atoms with E-state index >= 15 is 0 Å². The largest absolute Gasteiger partial charge is 0.383 e. The Balaban J connectivity index is 0.00000529. The second-order valence-electron chi connectivity index (χ2n) is 5.57. The molecule has 0 radical (unpaired) electrons. The normalized spacial score (nSPS) is 22.2. The molecule has 1 aliphatic rings. The van der Waals surface area contributed by atoms with E-state index in [2.05, 4.69) is 20.9 Å². The van der Waals surface area contributed by atoms with E-state index in [0.29, 0.717) is 24.9 Å². The van der Waals surface area contributed by atoms with Crippen molar-refractivity contribution >= 4 is 46.6 Å². The van der Waals surface area contributed by atoms with Gasteiger partial charge in [-0.2, -0.15) is 0 Å². The SMILES string of the molecule is CCS(=O)C1CCCC(NC(=NC)NCC(=O)NCCOC)C1.I. The number of methoxy groups -OCH3 is 1. The summed E-state index contributed by atoms with van der Waals surface area (Å²) in [6, 6.07) is 0.256. The lowest BCUT2D eigenvalue weighted by atomic mass is 9.95. The number of amides is 1. The van der Waals surface area contributed by atoms with E-state index in [1.54, 1.807) is 14.2 Å².